The van der Waals surface area contributed by atoms with Gasteiger partial charge in [0.25, 0.3) is 0 Å². The van der Waals surface area contributed by atoms with Crippen molar-refractivity contribution in [3.05, 3.63) is 52.8 Å². The first kappa shape index (κ1) is 22.7. The third-order valence-electron chi connectivity index (χ3n) is 3.89. The van der Waals surface area contributed by atoms with Crippen LogP contribution in [0.3, 0.4) is 0 Å². The van der Waals surface area contributed by atoms with Gasteiger partial charge in [-0.3, -0.25) is 4.99 Å². The zero-order valence-corrected chi connectivity index (χ0v) is 17.2. The van der Waals surface area contributed by atoms with E-state index in [-0.39, 0.29) is 12.3 Å². The quantitative estimate of drug-likeness (QED) is 0.341. The Kier molecular flexibility index (Phi) is 9.43. The third-order valence-corrected chi connectivity index (χ3v) is 4.12. The van der Waals surface area contributed by atoms with E-state index >= 15 is 0 Å². The Balaban J connectivity index is 1.92. The Labute approximate surface area is 174 Å². The molecule has 0 bridgehead atoms. The van der Waals surface area contributed by atoms with Crippen molar-refractivity contribution in [2.45, 2.75) is 32.9 Å². The molecule has 0 fully saturated rings. The van der Waals surface area contributed by atoms with E-state index in [0.29, 0.717) is 35.6 Å². The highest BCUT2D eigenvalue weighted by Gasteiger charge is 2.12. The molecule has 1 aromatic carbocycles. The molecule has 1 heterocycles. The van der Waals surface area contributed by atoms with Crippen LogP contribution in [0.5, 0.6) is 11.5 Å². The number of rotatable bonds is 10. The second kappa shape index (κ2) is 12.1. The van der Waals surface area contributed by atoms with Crippen LogP contribution in [0, 0.1) is 0 Å². The van der Waals surface area contributed by atoms with Crippen molar-refractivity contribution in [3.8, 4) is 11.5 Å². The van der Waals surface area contributed by atoms with E-state index in [2.05, 4.69) is 25.3 Å². The van der Waals surface area contributed by atoms with Crippen LogP contribution in [0.25, 0.3) is 0 Å². The van der Waals surface area contributed by atoms with Gasteiger partial charge in [-0.15, -0.1) is 0 Å². The fourth-order valence-electron chi connectivity index (χ4n) is 2.48. The molecule has 1 aromatic heterocycles. The number of alkyl halides is 2. The summed E-state index contributed by atoms with van der Waals surface area (Å²) in [5.74, 6) is 1.11. The molecule has 9 heteroatoms. The number of ether oxygens (including phenoxy) is 2. The number of benzene rings is 1. The van der Waals surface area contributed by atoms with Crippen LogP contribution >= 0.6 is 11.6 Å². The highest BCUT2D eigenvalue weighted by molar-refractivity contribution is 6.29. The summed E-state index contributed by atoms with van der Waals surface area (Å²) in [7, 11) is 1.64. The zero-order valence-electron chi connectivity index (χ0n) is 16.4. The largest absolute Gasteiger partial charge is 0.493 e. The fraction of sp³-hybridized carbons (Fsp3) is 0.400. The zero-order chi connectivity index (χ0) is 21.1. The molecular weight excluding hydrogens is 402 g/mol. The van der Waals surface area contributed by atoms with Gasteiger partial charge < -0.3 is 20.1 Å². The Morgan fingerprint density at radius 3 is 2.72 bits per heavy atom. The minimum absolute atomic E-state index is 0.0730. The van der Waals surface area contributed by atoms with Gasteiger partial charge in [-0.25, -0.2) is 4.98 Å². The molecule has 0 saturated heterocycles. The van der Waals surface area contributed by atoms with Crippen LogP contribution in [0.2, 0.25) is 5.15 Å². The summed E-state index contributed by atoms with van der Waals surface area (Å²) in [5.41, 5.74) is 1.60. The van der Waals surface area contributed by atoms with Gasteiger partial charge in [0.2, 0.25) is 0 Å². The van der Waals surface area contributed by atoms with Gasteiger partial charge in [0.15, 0.2) is 5.96 Å². The molecule has 0 radical (unpaired) electrons. The second-order valence-electron chi connectivity index (χ2n) is 6.09. The second-order valence-corrected chi connectivity index (χ2v) is 6.48. The van der Waals surface area contributed by atoms with Crippen molar-refractivity contribution in [2.75, 3.05) is 20.2 Å². The highest BCUT2D eigenvalue weighted by atomic mass is 35.5. The number of aliphatic imine (C=N–C) groups is 1. The first-order valence-corrected chi connectivity index (χ1v) is 9.65. The summed E-state index contributed by atoms with van der Waals surface area (Å²) in [5, 5.41) is 6.71. The van der Waals surface area contributed by atoms with Crippen LogP contribution in [0.4, 0.5) is 8.78 Å². The predicted molar refractivity (Wildman–Crippen MR) is 110 cm³/mol. The van der Waals surface area contributed by atoms with E-state index in [1.54, 1.807) is 31.4 Å². The molecule has 6 nitrogen and oxygen atoms in total. The lowest BCUT2D eigenvalue weighted by Gasteiger charge is -2.16. The van der Waals surface area contributed by atoms with Crippen molar-refractivity contribution in [1.82, 2.24) is 15.6 Å². The van der Waals surface area contributed by atoms with Gasteiger partial charge in [-0.05, 0) is 36.6 Å². The molecule has 0 saturated carbocycles. The summed E-state index contributed by atoms with van der Waals surface area (Å²) >= 11 is 5.78. The third kappa shape index (κ3) is 8.11. The van der Waals surface area contributed by atoms with Gasteiger partial charge in [0.05, 0.1) is 6.61 Å². The summed E-state index contributed by atoms with van der Waals surface area (Å²) in [6.45, 7) is 0.439. The van der Waals surface area contributed by atoms with Crippen LogP contribution in [-0.4, -0.2) is 37.8 Å². The van der Waals surface area contributed by atoms with Crippen LogP contribution in [0.1, 0.15) is 24.5 Å². The molecule has 2 rings (SSSR count). The molecule has 0 aliphatic carbocycles. The summed E-state index contributed by atoms with van der Waals surface area (Å²) in [6, 6.07) is 8.55. The Bertz CT molecular complexity index is 789. The standard InChI is InChI=1S/C20H25ClF2N4O2/c1-3-10-28-16-6-5-15(17(11-16)29-19(22)23)13-27-20(24-2)25-9-8-14-4-7-18(21)26-12-14/h4-7,11-12,19H,3,8-10,13H2,1-2H3,(H2,24,25,27). The van der Waals surface area contributed by atoms with E-state index in [9.17, 15) is 8.78 Å². The minimum atomic E-state index is -2.92. The Morgan fingerprint density at radius 1 is 1.24 bits per heavy atom. The topological polar surface area (TPSA) is 67.8 Å². The van der Waals surface area contributed by atoms with Crippen molar-refractivity contribution >= 4 is 17.6 Å². The predicted octanol–water partition coefficient (Wildman–Crippen LogP) is 4.03. The number of nitrogens with one attached hydrogen (secondary N) is 2. The summed E-state index contributed by atoms with van der Waals surface area (Å²) < 4.78 is 35.7. The van der Waals surface area contributed by atoms with Crippen LogP contribution in [-0.2, 0) is 13.0 Å². The van der Waals surface area contributed by atoms with Gasteiger partial charge >= 0.3 is 6.61 Å². The van der Waals surface area contributed by atoms with E-state index in [4.69, 9.17) is 16.3 Å². The lowest BCUT2D eigenvalue weighted by Crippen LogP contribution is -2.38. The number of pyridine rings is 1. The first-order valence-electron chi connectivity index (χ1n) is 9.27. The maximum Gasteiger partial charge on any atom is 0.387 e. The lowest BCUT2D eigenvalue weighted by atomic mass is 10.2. The number of hydrogen-bond donors (Lipinski definition) is 2. The maximum absolute atomic E-state index is 12.8. The molecule has 0 aliphatic heterocycles. The Hall–Kier alpha value is -2.61. The van der Waals surface area contributed by atoms with Crippen LogP contribution in [0.15, 0.2) is 41.5 Å². The van der Waals surface area contributed by atoms with Crippen molar-refractivity contribution in [2.24, 2.45) is 4.99 Å². The average molecular weight is 427 g/mol. The summed E-state index contributed by atoms with van der Waals surface area (Å²) in [6.07, 6.45) is 3.27. The molecule has 158 valence electrons. The molecule has 0 spiro atoms. The molecule has 0 atom stereocenters. The van der Waals surface area contributed by atoms with Gasteiger partial charge in [0, 0.05) is 38.0 Å². The van der Waals surface area contributed by atoms with E-state index in [1.165, 1.54) is 6.07 Å². The molecule has 29 heavy (non-hydrogen) atoms. The van der Waals surface area contributed by atoms with Crippen molar-refractivity contribution in [1.29, 1.82) is 0 Å². The fourth-order valence-corrected chi connectivity index (χ4v) is 2.59. The average Bonchev–Trinajstić information content (AvgIpc) is 2.71. The highest BCUT2D eigenvalue weighted by Crippen LogP contribution is 2.26. The normalized spacial score (nSPS) is 11.4. The Morgan fingerprint density at radius 2 is 2.07 bits per heavy atom. The van der Waals surface area contributed by atoms with Gasteiger partial charge in [-0.1, -0.05) is 24.6 Å². The molecule has 2 aromatic rings. The van der Waals surface area contributed by atoms with Gasteiger partial charge in [0.1, 0.15) is 16.7 Å². The van der Waals surface area contributed by atoms with E-state index in [1.807, 2.05) is 13.0 Å². The van der Waals surface area contributed by atoms with Gasteiger partial charge in [-0.2, -0.15) is 8.78 Å². The molecule has 0 amide bonds. The first-order chi connectivity index (χ1) is 14.0. The minimum Gasteiger partial charge on any atom is -0.493 e. The molecular formula is C20H25ClF2N4O2. The van der Waals surface area contributed by atoms with E-state index < -0.39 is 6.61 Å². The number of hydrogen-bond acceptors (Lipinski definition) is 4. The SMILES string of the molecule is CCCOc1ccc(CNC(=NC)NCCc2ccc(Cl)nc2)c(OC(F)F)c1. The van der Waals surface area contributed by atoms with E-state index in [0.717, 1.165) is 18.4 Å². The monoisotopic (exact) mass is 426 g/mol. The maximum atomic E-state index is 12.8. The number of halogens is 3. The van der Waals surface area contributed by atoms with Crippen molar-refractivity contribution in [3.63, 3.8) is 0 Å². The molecule has 0 unspecified atom stereocenters. The summed E-state index contributed by atoms with van der Waals surface area (Å²) in [4.78, 5) is 8.18. The van der Waals surface area contributed by atoms with Crippen LogP contribution < -0.4 is 20.1 Å². The number of guanidine groups is 1. The van der Waals surface area contributed by atoms with Crippen molar-refractivity contribution < 1.29 is 18.3 Å². The molecule has 0 aliphatic rings. The molecule has 2 N–H and O–H groups in total. The number of aromatic nitrogens is 1. The smallest absolute Gasteiger partial charge is 0.387 e. The number of nitrogens with zero attached hydrogens (tertiary/aromatic N) is 2. The lowest BCUT2D eigenvalue weighted by molar-refractivity contribution is -0.0505.